The van der Waals surface area contributed by atoms with Crippen molar-refractivity contribution in [2.45, 2.75) is 70.8 Å². The lowest BCUT2D eigenvalue weighted by molar-refractivity contribution is 0.00326. The van der Waals surface area contributed by atoms with Crippen LogP contribution in [0.25, 0.3) is 0 Å². The van der Waals surface area contributed by atoms with E-state index in [9.17, 15) is 8.78 Å². The topological polar surface area (TPSA) is 12.0 Å². The molecule has 0 amide bonds. The van der Waals surface area contributed by atoms with Gasteiger partial charge < -0.3 is 5.32 Å². The molecule has 0 radical (unpaired) electrons. The Kier molecular flexibility index (Phi) is 4.63. The van der Waals surface area contributed by atoms with Crippen LogP contribution in [0.15, 0.2) is 0 Å². The van der Waals surface area contributed by atoms with Crippen molar-refractivity contribution in [3.8, 4) is 0 Å². The van der Waals surface area contributed by atoms with Crippen molar-refractivity contribution in [2.24, 2.45) is 17.8 Å². The molecule has 4 atom stereocenters. The normalized spacial score (nSPS) is 40.0. The molecule has 2 saturated carbocycles. The van der Waals surface area contributed by atoms with E-state index in [1.54, 1.807) is 0 Å². The monoisotopic (exact) mass is 259 g/mol. The molecule has 0 spiro atoms. The van der Waals surface area contributed by atoms with Crippen LogP contribution in [-0.2, 0) is 0 Å². The quantitative estimate of drug-likeness (QED) is 0.797. The highest BCUT2D eigenvalue weighted by molar-refractivity contribution is 4.88. The lowest BCUT2D eigenvalue weighted by atomic mass is 9.74. The van der Waals surface area contributed by atoms with Gasteiger partial charge in [-0.05, 0) is 56.4 Å². The van der Waals surface area contributed by atoms with Crippen LogP contribution >= 0.6 is 0 Å². The molecule has 106 valence electrons. The zero-order valence-corrected chi connectivity index (χ0v) is 11.7. The van der Waals surface area contributed by atoms with Crippen LogP contribution in [0.1, 0.15) is 58.8 Å². The summed E-state index contributed by atoms with van der Waals surface area (Å²) in [4.78, 5) is 0. The summed E-state index contributed by atoms with van der Waals surface area (Å²) in [5.74, 6) is -0.727. The van der Waals surface area contributed by atoms with Gasteiger partial charge in [0.25, 0.3) is 0 Å². The van der Waals surface area contributed by atoms with E-state index in [1.807, 2.05) is 0 Å². The molecule has 4 unspecified atom stereocenters. The highest BCUT2D eigenvalue weighted by Gasteiger charge is 2.41. The van der Waals surface area contributed by atoms with Crippen LogP contribution in [0, 0.1) is 17.8 Å². The molecule has 2 rings (SSSR count). The molecule has 2 aliphatic rings. The van der Waals surface area contributed by atoms with Crippen molar-refractivity contribution < 1.29 is 8.78 Å². The molecular formula is C15H27F2N. The number of alkyl halides is 2. The molecule has 0 aromatic rings. The second-order valence-corrected chi connectivity index (χ2v) is 6.54. The summed E-state index contributed by atoms with van der Waals surface area (Å²) < 4.78 is 26.5. The summed E-state index contributed by atoms with van der Waals surface area (Å²) in [7, 11) is 0. The summed E-state index contributed by atoms with van der Waals surface area (Å²) in [6.45, 7) is 5.44. The van der Waals surface area contributed by atoms with Crippen LogP contribution in [0.2, 0.25) is 0 Å². The van der Waals surface area contributed by atoms with Gasteiger partial charge in [0.2, 0.25) is 5.92 Å². The second-order valence-electron chi connectivity index (χ2n) is 6.54. The minimum atomic E-state index is -2.38. The molecule has 1 N–H and O–H groups in total. The fraction of sp³-hybridized carbons (Fsp3) is 1.00. The van der Waals surface area contributed by atoms with E-state index >= 15 is 0 Å². The van der Waals surface area contributed by atoms with Gasteiger partial charge in [-0.25, -0.2) is 8.78 Å². The molecule has 18 heavy (non-hydrogen) atoms. The van der Waals surface area contributed by atoms with Gasteiger partial charge in [-0.15, -0.1) is 0 Å². The fourth-order valence-corrected chi connectivity index (χ4v) is 3.96. The van der Waals surface area contributed by atoms with E-state index in [4.69, 9.17) is 0 Å². The molecular weight excluding hydrogens is 232 g/mol. The van der Waals surface area contributed by atoms with Crippen LogP contribution < -0.4 is 5.32 Å². The molecule has 2 aliphatic carbocycles. The Morgan fingerprint density at radius 3 is 2.61 bits per heavy atom. The number of nitrogens with one attached hydrogen (secondary N) is 1. The smallest absolute Gasteiger partial charge is 0.248 e. The predicted molar refractivity (Wildman–Crippen MR) is 70.9 cm³/mol. The van der Waals surface area contributed by atoms with Crippen LogP contribution in [0.5, 0.6) is 0 Å². The Hall–Kier alpha value is -0.180. The Labute approximate surface area is 110 Å². The van der Waals surface area contributed by atoms with E-state index in [0.717, 1.165) is 25.3 Å². The SMILES string of the molecule is CCNC1CCC(C)CC1CC1CCC(F)(F)C1. The zero-order valence-electron chi connectivity index (χ0n) is 11.7. The van der Waals surface area contributed by atoms with Crippen molar-refractivity contribution in [2.75, 3.05) is 6.54 Å². The van der Waals surface area contributed by atoms with E-state index in [2.05, 4.69) is 19.2 Å². The molecule has 0 saturated heterocycles. The van der Waals surface area contributed by atoms with Crippen molar-refractivity contribution in [3.63, 3.8) is 0 Å². The first-order valence-corrected chi connectivity index (χ1v) is 7.61. The van der Waals surface area contributed by atoms with Crippen LogP contribution in [-0.4, -0.2) is 18.5 Å². The van der Waals surface area contributed by atoms with Gasteiger partial charge in [-0.3, -0.25) is 0 Å². The van der Waals surface area contributed by atoms with Crippen molar-refractivity contribution in [1.29, 1.82) is 0 Å². The van der Waals surface area contributed by atoms with Gasteiger partial charge in [0, 0.05) is 18.9 Å². The van der Waals surface area contributed by atoms with Gasteiger partial charge in [-0.1, -0.05) is 13.8 Å². The number of rotatable bonds is 4. The summed E-state index contributed by atoms with van der Waals surface area (Å²) in [5, 5.41) is 3.56. The Morgan fingerprint density at radius 2 is 2.00 bits per heavy atom. The minimum Gasteiger partial charge on any atom is -0.314 e. The number of hydrogen-bond acceptors (Lipinski definition) is 1. The summed E-state index contributed by atoms with van der Waals surface area (Å²) in [6.07, 6.45) is 5.73. The summed E-state index contributed by atoms with van der Waals surface area (Å²) in [6, 6.07) is 0.570. The van der Waals surface area contributed by atoms with E-state index in [-0.39, 0.29) is 18.8 Å². The van der Waals surface area contributed by atoms with Gasteiger partial charge in [0.15, 0.2) is 0 Å². The third-order valence-corrected chi connectivity index (χ3v) is 4.85. The molecule has 0 bridgehead atoms. The van der Waals surface area contributed by atoms with Gasteiger partial charge in [-0.2, -0.15) is 0 Å². The van der Waals surface area contributed by atoms with E-state index in [1.165, 1.54) is 19.3 Å². The van der Waals surface area contributed by atoms with Gasteiger partial charge in [0.1, 0.15) is 0 Å². The largest absolute Gasteiger partial charge is 0.314 e. The molecule has 0 aromatic heterocycles. The van der Waals surface area contributed by atoms with E-state index < -0.39 is 5.92 Å². The molecule has 1 nitrogen and oxygen atoms in total. The molecule has 0 heterocycles. The first-order valence-electron chi connectivity index (χ1n) is 7.61. The lowest BCUT2D eigenvalue weighted by Gasteiger charge is -2.36. The first-order chi connectivity index (χ1) is 8.50. The van der Waals surface area contributed by atoms with Gasteiger partial charge >= 0.3 is 0 Å². The third-order valence-electron chi connectivity index (χ3n) is 4.85. The Morgan fingerprint density at radius 1 is 1.22 bits per heavy atom. The maximum atomic E-state index is 13.3. The second kappa shape index (κ2) is 5.85. The number of hydrogen-bond donors (Lipinski definition) is 1. The minimum absolute atomic E-state index is 0.117. The number of halogens is 2. The van der Waals surface area contributed by atoms with Crippen molar-refractivity contribution in [3.05, 3.63) is 0 Å². The van der Waals surface area contributed by atoms with Gasteiger partial charge in [0.05, 0.1) is 0 Å². The standard InChI is InChI=1S/C15H27F2N/c1-3-18-14-5-4-11(2)8-13(14)9-12-6-7-15(16,17)10-12/h11-14,18H,3-10H2,1-2H3. The summed E-state index contributed by atoms with van der Waals surface area (Å²) in [5.41, 5.74) is 0. The average Bonchev–Trinajstić information content (AvgIpc) is 2.62. The van der Waals surface area contributed by atoms with Crippen molar-refractivity contribution >= 4 is 0 Å². The average molecular weight is 259 g/mol. The van der Waals surface area contributed by atoms with Crippen molar-refractivity contribution in [1.82, 2.24) is 5.32 Å². The highest BCUT2D eigenvalue weighted by atomic mass is 19.3. The molecule has 3 heteroatoms. The maximum absolute atomic E-state index is 13.3. The maximum Gasteiger partial charge on any atom is 0.248 e. The molecule has 0 aromatic carbocycles. The van der Waals surface area contributed by atoms with Crippen LogP contribution in [0.4, 0.5) is 8.78 Å². The van der Waals surface area contributed by atoms with Crippen LogP contribution in [0.3, 0.4) is 0 Å². The Balaban J connectivity index is 1.88. The Bertz CT molecular complexity index is 267. The third kappa shape index (κ3) is 3.66. The molecule has 0 aliphatic heterocycles. The fourth-order valence-electron chi connectivity index (χ4n) is 3.96. The predicted octanol–water partition coefficient (Wildman–Crippen LogP) is 4.23. The van der Waals surface area contributed by atoms with E-state index in [0.29, 0.717) is 12.0 Å². The highest BCUT2D eigenvalue weighted by Crippen LogP contribution is 2.44. The molecule has 2 fully saturated rings. The lowest BCUT2D eigenvalue weighted by Crippen LogP contribution is -2.41. The summed E-state index contributed by atoms with van der Waals surface area (Å²) >= 11 is 0. The zero-order chi connectivity index (χ0) is 13.2. The first kappa shape index (κ1) is 14.2.